The molecule has 3 aromatic rings. The van der Waals surface area contributed by atoms with Gasteiger partial charge in [-0.1, -0.05) is 23.4 Å². The lowest BCUT2D eigenvalue weighted by Crippen LogP contribution is -2.21. The van der Waals surface area contributed by atoms with Gasteiger partial charge in [-0.05, 0) is 56.3 Å². The molecule has 0 saturated carbocycles. The van der Waals surface area contributed by atoms with Crippen LogP contribution in [0.2, 0.25) is 0 Å². The molecule has 8 heteroatoms. The van der Waals surface area contributed by atoms with Gasteiger partial charge in [-0.2, -0.15) is 8.78 Å². The Hall–Kier alpha value is -3.00. The molecular formula is C21H18F2N2O3S. The van der Waals surface area contributed by atoms with Crippen molar-refractivity contribution in [3.8, 4) is 0 Å². The van der Waals surface area contributed by atoms with Crippen LogP contribution in [0.4, 0.5) is 14.5 Å². The monoisotopic (exact) mass is 416 g/mol. The molecule has 1 amide bonds. The third-order valence-corrected chi connectivity index (χ3v) is 4.80. The summed E-state index contributed by atoms with van der Waals surface area (Å²) in [5.41, 5.74) is 3.04. The number of fused-ring (bicyclic) bond motifs is 1. The van der Waals surface area contributed by atoms with Gasteiger partial charge in [0, 0.05) is 16.0 Å². The van der Waals surface area contributed by atoms with E-state index in [9.17, 15) is 18.4 Å². The number of aromatic nitrogens is 1. The molecule has 2 aromatic carbocycles. The number of carbonyl (C=O) groups excluding carboxylic acids is 2. The summed E-state index contributed by atoms with van der Waals surface area (Å²) in [5, 5.41) is 3.37. The summed E-state index contributed by atoms with van der Waals surface area (Å²) in [6, 6.07) is 13.4. The van der Waals surface area contributed by atoms with Crippen LogP contribution in [0.25, 0.3) is 10.9 Å². The lowest BCUT2D eigenvalue weighted by atomic mass is 10.1. The van der Waals surface area contributed by atoms with E-state index in [1.165, 1.54) is 24.3 Å². The fraction of sp³-hybridized carbons (Fsp3) is 0.190. The fourth-order valence-electron chi connectivity index (χ4n) is 2.72. The van der Waals surface area contributed by atoms with Crippen molar-refractivity contribution in [2.24, 2.45) is 0 Å². The normalized spacial score (nSPS) is 10.9. The molecule has 1 aromatic heterocycles. The number of ether oxygens (including phenoxy) is 1. The molecule has 150 valence electrons. The van der Waals surface area contributed by atoms with E-state index in [2.05, 4.69) is 10.3 Å². The van der Waals surface area contributed by atoms with Gasteiger partial charge < -0.3 is 10.1 Å². The lowest BCUT2D eigenvalue weighted by molar-refractivity contribution is -0.119. The third kappa shape index (κ3) is 5.51. The third-order valence-electron chi connectivity index (χ3n) is 4.08. The maximum absolute atomic E-state index is 12.4. The Morgan fingerprint density at radius 3 is 2.52 bits per heavy atom. The second kappa shape index (κ2) is 9.00. The summed E-state index contributed by atoms with van der Waals surface area (Å²) in [5.74, 6) is -3.68. The maximum atomic E-state index is 12.4. The quantitative estimate of drug-likeness (QED) is 0.454. The Kier molecular flexibility index (Phi) is 6.43. The summed E-state index contributed by atoms with van der Waals surface area (Å²) in [4.78, 5) is 29.2. The molecule has 0 radical (unpaired) electrons. The predicted molar refractivity (Wildman–Crippen MR) is 108 cm³/mol. The van der Waals surface area contributed by atoms with Crippen molar-refractivity contribution in [3.63, 3.8) is 0 Å². The van der Waals surface area contributed by atoms with Crippen LogP contribution in [0, 0.1) is 13.8 Å². The highest BCUT2D eigenvalue weighted by molar-refractivity contribution is 7.99. The number of nitrogens with zero attached hydrogens (tertiary/aromatic N) is 1. The SMILES string of the molecule is Cc1ccc2nc(C)c(C(=O)OCC(=O)Nc3ccc(SC(F)F)cc3)cc2c1. The Morgan fingerprint density at radius 1 is 1.10 bits per heavy atom. The molecule has 0 bridgehead atoms. The van der Waals surface area contributed by atoms with Crippen LogP contribution in [0.5, 0.6) is 0 Å². The second-order valence-corrected chi connectivity index (χ2v) is 7.41. The molecule has 0 fully saturated rings. The average molecular weight is 416 g/mol. The summed E-state index contributed by atoms with van der Waals surface area (Å²) in [6.45, 7) is 3.17. The fourth-order valence-corrected chi connectivity index (χ4v) is 3.22. The van der Waals surface area contributed by atoms with Gasteiger partial charge in [0.15, 0.2) is 6.61 Å². The van der Waals surface area contributed by atoms with E-state index in [0.717, 1.165) is 16.5 Å². The Balaban J connectivity index is 1.60. The number of pyridine rings is 1. The first-order valence-electron chi connectivity index (χ1n) is 8.71. The smallest absolute Gasteiger partial charge is 0.340 e. The van der Waals surface area contributed by atoms with Crippen molar-refractivity contribution < 1.29 is 23.1 Å². The Bertz CT molecular complexity index is 1060. The summed E-state index contributed by atoms with van der Waals surface area (Å²) in [6.07, 6.45) is 0. The minimum atomic E-state index is -2.51. The number of benzene rings is 2. The van der Waals surface area contributed by atoms with Gasteiger partial charge in [-0.3, -0.25) is 9.78 Å². The molecule has 0 unspecified atom stereocenters. The summed E-state index contributed by atoms with van der Waals surface area (Å²) < 4.78 is 29.7. The van der Waals surface area contributed by atoms with Crippen LogP contribution in [-0.2, 0) is 9.53 Å². The van der Waals surface area contributed by atoms with Crippen molar-refractivity contribution in [2.45, 2.75) is 24.5 Å². The number of aryl methyl sites for hydroxylation is 2. The van der Waals surface area contributed by atoms with Crippen LogP contribution in [0.1, 0.15) is 21.6 Å². The van der Waals surface area contributed by atoms with Crippen molar-refractivity contribution in [3.05, 3.63) is 65.4 Å². The minimum Gasteiger partial charge on any atom is -0.452 e. The lowest BCUT2D eigenvalue weighted by Gasteiger charge is -2.09. The molecular weight excluding hydrogens is 398 g/mol. The first-order chi connectivity index (χ1) is 13.8. The number of alkyl halides is 2. The number of nitrogens with one attached hydrogen (secondary N) is 1. The van der Waals surface area contributed by atoms with Gasteiger partial charge in [0.05, 0.1) is 16.8 Å². The van der Waals surface area contributed by atoms with E-state index in [1.807, 2.05) is 25.1 Å². The highest BCUT2D eigenvalue weighted by Gasteiger charge is 2.15. The molecule has 5 nitrogen and oxygen atoms in total. The Morgan fingerprint density at radius 2 is 1.83 bits per heavy atom. The number of thioether (sulfide) groups is 1. The number of rotatable bonds is 6. The van der Waals surface area contributed by atoms with Gasteiger partial charge >= 0.3 is 5.97 Å². The number of hydrogen-bond donors (Lipinski definition) is 1. The number of halogens is 2. The summed E-state index contributed by atoms with van der Waals surface area (Å²) in [7, 11) is 0. The van der Waals surface area contributed by atoms with E-state index in [4.69, 9.17) is 4.74 Å². The predicted octanol–water partition coefficient (Wildman–Crippen LogP) is 4.96. The van der Waals surface area contributed by atoms with Gasteiger partial charge in [0.2, 0.25) is 0 Å². The molecule has 0 atom stereocenters. The zero-order chi connectivity index (χ0) is 21.0. The molecule has 29 heavy (non-hydrogen) atoms. The molecule has 1 heterocycles. The van der Waals surface area contributed by atoms with Crippen molar-refractivity contribution in [2.75, 3.05) is 11.9 Å². The molecule has 0 aliphatic rings. The van der Waals surface area contributed by atoms with E-state index in [-0.39, 0.29) is 0 Å². The van der Waals surface area contributed by atoms with E-state index in [0.29, 0.717) is 33.6 Å². The van der Waals surface area contributed by atoms with Gasteiger partial charge in [0.25, 0.3) is 11.7 Å². The average Bonchev–Trinajstić information content (AvgIpc) is 2.67. The van der Waals surface area contributed by atoms with E-state index < -0.39 is 24.2 Å². The van der Waals surface area contributed by atoms with Crippen LogP contribution < -0.4 is 5.32 Å². The molecule has 1 N–H and O–H groups in total. The molecule has 0 spiro atoms. The number of esters is 1. The zero-order valence-corrected chi connectivity index (χ0v) is 16.6. The van der Waals surface area contributed by atoms with Crippen LogP contribution in [0.3, 0.4) is 0 Å². The van der Waals surface area contributed by atoms with E-state index >= 15 is 0 Å². The summed E-state index contributed by atoms with van der Waals surface area (Å²) >= 11 is 0.419. The minimum absolute atomic E-state index is 0.296. The molecule has 0 aliphatic carbocycles. The zero-order valence-electron chi connectivity index (χ0n) is 15.7. The van der Waals surface area contributed by atoms with E-state index in [1.54, 1.807) is 13.0 Å². The van der Waals surface area contributed by atoms with Crippen LogP contribution >= 0.6 is 11.8 Å². The molecule has 0 aliphatic heterocycles. The molecule has 0 saturated heterocycles. The first kappa shape index (κ1) is 20.7. The van der Waals surface area contributed by atoms with Gasteiger partial charge in [-0.25, -0.2) is 4.79 Å². The standard InChI is InChI=1S/C21H18F2N2O3S/c1-12-3-8-18-14(9-12)10-17(13(2)24-18)20(27)28-11-19(26)25-15-4-6-16(7-5-15)29-21(22)23/h3-10,21H,11H2,1-2H3,(H,25,26). The van der Waals surface area contributed by atoms with Gasteiger partial charge in [-0.15, -0.1) is 0 Å². The topological polar surface area (TPSA) is 68.3 Å². The maximum Gasteiger partial charge on any atom is 0.340 e. The number of amides is 1. The van der Waals surface area contributed by atoms with Gasteiger partial charge in [0.1, 0.15) is 0 Å². The largest absolute Gasteiger partial charge is 0.452 e. The van der Waals surface area contributed by atoms with Crippen LogP contribution in [-0.4, -0.2) is 29.2 Å². The van der Waals surface area contributed by atoms with Crippen LogP contribution in [0.15, 0.2) is 53.4 Å². The highest BCUT2D eigenvalue weighted by Crippen LogP contribution is 2.26. The van der Waals surface area contributed by atoms with Crippen molar-refractivity contribution in [1.82, 2.24) is 4.98 Å². The number of carbonyl (C=O) groups is 2. The first-order valence-corrected chi connectivity index (χ1v) is 9.59. The van der Waals surface area contributed by atoms with Crippen molar-refractivity contribution >= 4 is 40.2 Å². The molecule has 3 rings (SSSR count). The highest BCUT2D eigenvalue weighted by atomic mass is 32.2. The van der Waals surface area contributed by atoms with Crippen molar-refractivity contribution in [1.29, 1.82) is 0 Å². The Labute approximate surface area is 170 Å². The number of hydrogen-bond acceptors (Lipinski definition) is 5. The number of anilines is 1. The second-order valence-electron chi connectivity index (χ2n) is 6.34.